The van der Waals surface area contributed by atoms with Crippen LogP contribution in [0.1, 0.15) is 0 Å². The van der Waals surface area contributed by atoms with Crippen molar-refractivity contribution in [1.29, 1.82) is 0 Å². The highest BCUT2D eigenvalue weighted by atomic mass is 32.2. The van der Waals surface area contributed by atoms with Gasteiger partial charge in [0.25, 0.3) is 0 Å². The van der Waals surface area contributed by atoms with Gasteiger partial charge < -0.3 is 0 Å². The molecule has 3 heteroatoms. The summed E-state index contributed by atoms with van der Waals surface area (Å²) in [5, 5.41) is 4.21. The van der Waals surface area contributed by atoms with Crippen LogP contribution in [0.4, 0.5) is 0 Å². The van der Waals surface area contributed by atoms with Crippen molar-refractivity contribution in [1.82, 2.24) is 0 Å². The van der Waals surface area contributed by atoms with Gasteiger partial charge >= 0.3 is 0 Å². The Labute approximate surface area is 148 Å². The van der Waals surface area contributed by atoms with Gasteiger partial charge in [-0.15, -0.1) is 23.5 Å². The lowest BCUT2D eigenvalue weighted by Gasteiger charge is -2.19. The molecule has 0 amide bonds. The van der Waals surface area contributed by atoms with E-state index >= 15 is 0 Å². The number of rotatable bonds is 5. The Morgan fingerprint density at radius 2 is 0.913 bits per heavy atom. The summed E-state index contributed by atoms with van der Waals surface area (Å²) in [7, 11) is -0.499. The Hall–Kier alpha value is -1.21. The molecule has 0 aliphatic carbocycles. The average molecular weight is 354 g/mol. The molecule has 0 aliphatic heterocycles. The molecule has 0 heterocycles. The molecule has 0 fully saturated rings. The SMILES string of the molecule is CSc1ccc(P(c2ccccc2)c2ccc(SC)cc2)cc1. The first-order valence-electron chi connectivity index (χ1n) is 7.45. The Balaban J connectivity index is 2.05. The first-order chi connectivity index (χ1) is 11.3. The fourth-order valence-corrected chi connectivity index (χ4v) is 5.56. The van der Waals surface area contributed by atoms with Crippen molar-refractivity contribution in [3.63, 3.8) is 0 Å². The number of hydrogen-bond acceptors (Lipinski definition) is 2. The minimum atomic E-state index is -0.499. The van der Waals surface area contributed by atoms with E-state index in [-0.39, 0.29) is 0 Å². The van der Waals surface area contributed by atoms with Gasteiger partial charge in [-0.05, 0) is 60.6 Å². The second kappa shape index (κ2) is 8.06. The molecular formula is C20H19PS2. The van der Waals surface area contributed by atoms with Crippen molar-refractivity contribution >= 4 is 47.4 Å². The van der Waals surface area contributed by atoms with E-state index in [9.17, 15) is 0 Å². The van der Waals surface area contributed by atoms with Gasteiger partial charge in [0.1, 0.15) is 0 Å². The van der Waals surface area contributed by atoms with E-state index in [0.717, 1.165) is 0 Å². The Kier molecular flexibility index (Phi) is 5.83. The molecule has 0 saturated carbocycles. The Morgan fingerprint density at radius 1 is 0.522 bits per heavy atom. The first-order valence-corrected chi connectivity index (χ1v) is 11.2. The van der Waals surface area contributed by atoms with Crippen LogP contribution in [0.15, 0.2) is 88.7 Å². The normalized spacial score (nSPS) is 10.9. The third-order valence-corrected chi connectivity index (χ3v) is 7.61. The van der Waals surface area contributed by atoms with Gasteiger partial charge in [0.2, 0.25) is 0 Å². The van der Waals surface area contributed by atoms with Gasteiger partial charge in [0.05, 0.1) is 0 Å². The van der Waals surface area contributed by atoms with Gasteiger partial charge in [-0.25, -0.2) is 0 Å². The molecule has 0 saturated heterocycles. The van der Waals surface area contributed by atoms with Crippen molar-refractivity contribution in [2.75, 3.05) is 12.5 Å². The summed E-state index contributed by atoms with van der Waals surface area (Å²) in [6.45, 7) is 0. The summed E-state index contributed by atoms with van der Waals surface area (Å²) < 4.78 is 0. The van der Waals surface area contributed by atoms with Crippen molar-refractivity contribution in [3.8, 4) is 0 Å². The molecule has 0 radical (unpaired) electrons. The quantitative estimate of drug-likeness (QED) is 0.473. The zero-order valence-corrected chi connectivity index (χ0v) is 15.8. The molecule has 0 atom stereocenters. The fraction of sp³-hybridized carbons (Fsp3) is 0.100. The van der Waals surface area contributed by atoms with E-state index in [4.69, 9.17) is 0 Å². The molecule has 0 aliphatic rings. The molecule has 0 spiro atoms. The second-order valence-corrected chi connectivity index (χ2v) is 9.05. The molecule has 3 aromatic carbocycles. The van der Waals surface area contributed by atoms with Crippen LogP contribution in [0.25, 0.3) is 0 Å². The summed E-state index contributed by atoms with van der Waals surface area (Å²) in [4.78, 5) is 2.63. The molecule has 0 N–H and O–H groups in total. The maximum Gasteiger partial charge on any atom is 0.00695 e. The van der Waals surface area contributed by atoms with Crippen LogP contribution in [-0.2, 0) is 0 Å². The third kappa shape index (κ3) is 4.01. The molecular weight excluding hydrogens is 335 g/mol. The topological polar surface area (TPSA) is 0 Å². The predicted octanol–water partition coefficient (Wildman–Crippen LogP) is 4.89. The highest BCUT2D eigenvalue weighted by molar-refractivity contribution is 7.98. The number of benzene rings is 3. The minimum absolute atomic E-state index is 0.499. The van der Waals surface area contributed by atoms with E-state index < -0.39 is 7.92 Å². The molecule has 0 aromatic heterocycles. The molecule has 3 aromatic rings. The van der Waals surface area contributed by atoms with Gasteiger partial charge in [-0.3, -0.25) is 0 Å². The minimum Gasteiger partial charge on any atom is -0.130 e. The van der Waals surface area contributed by atoms with Crippen molar-refractivity contribution in [2.24, 2.45) is 0 Å². The van der Waals surface area contributed by atoms with E-state index in [1.54, 1.807) is 23.5 Å². The predicted molar refractivity (Wildman–Crippen MR) is 109 cm³/mol. The molecule has 0 bridgehead atoms. The van der Waals surface area contributed by atoms with E-state index in [1.165, 1.54) is 25.7 Å². The fourth-order valence-electron chi connectivity index (χ4n) is 2.49. The average Bonchev–Trinajstić information content (AvgIpc) is 2.64. The highest BCUT2D eigenvalue weighted by Gasteiger charge is 2.16. The lowest BCUT2D eigenvalue weighted by molar-refractivity contribution is 1.48. The zero-order chi connectivity index (χ0) is 16.1. The number of hydrogen-bond donors (Lipinski definition) is 0. The summed E-state index contributed by atoms with van der Waals surface area (Å²) in [5.74, 6) is 0. The Morgan fingerprint density at radius 3 is 1.30 bits per heavy atom. The smallest absolute Gasteiger partial charge is 0.00695 e. The third-order valence-electron chi connectivity index (χ3n) is 3.68. The van der Waals surface area contributed by atoms with Crippen molar-refractivity contribution in [3.05, 3.63) is 78.9 Å². The summed E-state index contributed by atoms with van der Waals surface area (Å²) >= 11 is 3.58. The lowest BCUT2D eigenvalue weighted by Crippen LogP contribution is -2.20. The van der Waals surface area contributed by atoms with Crippen LogP contribution >= 0.6 is 31.4 Å². The first kappa shape index (κ1) is 16.6. The van der Waals surface area contributed by atoms with Gasteiger partial charge in [-0.1, -0.05) is 54.6 Å². The van der Waals surface area contributed by atoms with Crippen LogP contribution < -0.4 is 15.9 Å². The van der Waals surface area contributed by atoms with Gasteiger partial charge in [-0.2, -0.15) is 0 Å². The van der Waals surface area contributed by atoms with E-state index in [0.29, 0.717) is 0 Å². The summed E-state index contributed by atoms with van der Waals surface area (Å²) in [6, 6.07) is 28.9. The monoisotopic (exact) mass is 354 g/mol. The molecule has 0 nitrogen and oxygen atoms in total. The maximum atomic E-state index is 2.28. The van der Waals surface area contributed by atoms with E-state index in [2.05, 4.69) is 91.4 Å². The van der Waals surface area contributed by atoms with Gasteiger partial charge in [0, 0.05) is 9.79 Å². The highest BCUT2D eigenvalue weighted by Crippen LogP contribution is 2.33. The van der Waals surface area contributed by atoms with Gasteiger partial charge in [0.15, 0.2) is 0 Å². The maximum absolute atomic E-state index is 2.28. The van der Waals surface area contributed by atoms with Crippen molar-refractivity contribution in [2.45, 2.75) is 9.79 Å². The van der Waals surface area contributed by atoms with Crippen LogP contribution in [0.2, 0.25) is 0 Å². The molecule has 0 unspecified atom stereocenters. The van der Waals surface area contributed by atoms with Crippen molar-refractivity contribution < 1.29 is 0 Å². The Bertz CT molecular complexity index is 689. The van der Waals surface area contributed by atoms with Crippen LogP contribution in [0, 0.1) is 0 Å². The van der Waals surface area contributed by atoms with Crippen LogP contribution in [0.5, 0.6) is 0 Å². The largest absolute Gasteiger partial charge is 0.130 e. The summed E-state index contributed by atoms with van der Waals surface area (Å²) in [6.07, 6.45) is 4.24. The zero-order valence-electron chi connectivity index (χ0n) is 13.3. The molecule has 116 valence electrons. The molecule has 3 rings (SSSR count). The summed E-state index contributed by atoms with van der Waals surface area (Å²) in [5.41, 5.74) is 0. The standard InChI is InChI=1S/C20H19PS2/c1-22-19-12-8-17(9-13-19)21(16-6-4-3-5-7-16)18-10-14-20(23-2)15-11-18/h3-15H,1-2H3. The lowest BCUT2D eigenvalue weighted by atomic mass is 10.3. The second-order valence-electron chi connectivity index (χ2n) is 5.07. The van der Waals surface area contributed by atoms with Crippen LogP contribution in [-0.4, -0.2) is 12.5 Å². The van der Waals surface area contributed by atoms with E-state index in [1.807, 2.05) is 0 Å². The number of thioether (sulfide) groups is 2. The van der Waals surface area contributed by atoms with Crippen LogP contribution in [0.3, 0.4) is 0 Å². The molecule has 23 heavy (non-hydrogen) atoms.